The quantitative estimate of drug-likeness (QED) is 0.409. The van der Waals surface area contributed by atoms with Gasteiger partial charge in [0, 0.05) is 89.3 Å². The van der Waals surface area contributed by atoms with Gasteiger partial charge in [-0.05, 0) is 79.3 Å². The molecule has 0 aliphatic carbocycles. The van der Waals surface area contributed by atoms with Gasteiger partial charge in [0.15, 0.2) is 6.10 Å². The van der Waals surface area contributed by atoms with E-state index in [1.807, 2.05) is 53.1 Å². The number of nitrogens with one attached hydrogen (secondary N) is 2. The van der Waals surface area contributed by atoms with Crippen molar-refractivity contribution < 1.29 is 23.9 Å². The van der Waals surface area contributed by atoms with Gasteiger partial charge in [-0.2, -0.15) is 0 Å². The smallest absolute Gasteiger partial charge is 0.410 e. The summed E-state index contributed by atoms with van der Waals surface area (Å²) in [4.78, 5) is 63.6. The molecule has 2 aromatic carbocycles. The zero-order chi connectivity index (χ0) is 33.9. The molecule has 4 amide bonds. The second-order valence-electron chi connectivity index (χ2n) is 13.7. The molecule has 0 saturated carbocycles. The number of nitrogens with zero attached hydrogens (tertiary/aromatic N) is 4. The number of H-pyrrole nitrogens is 1. The van der Waals surface area contributed by atoms with E-state index in [0.717, 1.165) is 78.8 Å². The first-order valence-electron chi connectivity index (χ1n) is 17.7. The predicted molar refractivity (Wildman–Crippen MR) is 186 cm³/mol. The van der Waals surface area contributed by atoms with Crippen LogP contribution in [0.4, 0.5) is 15.3 Å². The van der Waals surface area contributed by atoms with Crippen molar-refractivity contribution in [3.05, 3.63) is 75.6 Å². The van der Waals surface area contributed by atoms with Gasteiger partial charge < -0.3 is 34.5 Å². The van der Waals surface area contributed by atoms with Gasteiger partial charge in [-0.25, -0.2) is 9.59 Å². The van der Waals surface area contributed by atoms with Gasteiger partial charge in [0.05, 0.1) is 5.52 Å². The van der Waals surface area contributed by atoms with E-state index >= 15 is 0 Å². The van der Waals surface area contributed by atoms with Crippen LogP contribution in [-0.4, -0.2) is 120 Å². The molecule has 0 unspecified atom stereocenters. The van der Waals surface area contributed by atoms with Gasteiger partial charge in [-0.15, -0.1) is 0 Å². The van der Waals surface area contributed by atoms with E-state index in [0.29, 0.717) is 51.6 Å². The summed E-state index contributed by atoms with van der Waals surface area (Å²) in [5, 5.41) is 3.91. The number of aromatic amines is 1. The molecule has 2 N–H and O–H groups in total. The number of piperazine rings is 1. The number of aromatic nitrogens is 1. The van der Waals surface area contributed by atoms with Crippen molar-refractivity contribution in [1.29, 1.82) is 0 Å². The Morgan fingerprint density at radius 3 is 2.41 bits per heavy atom. The van der Waals surface area contributed by atoms with E-state index in [1.54, 1.807) is 11.0 Å². The molecule has 4 aliphatic rings. The minimum Gasteiger partial charge on any atom is -0.436 e. The number of benzene rings is 2. The molecule has 0 radical (unpaired) electrons. The zero-order valence-electron chi connectivity index (χ0n) is 28.2. The number of rotatable bonds is 6. The van der Waals surface area contributed by atoms with Crippen molar-refractivity contribution in [2.45, 2.75) is 63.6 Å². The molecule has 1 aromatic heterocycles. The van der Waals surface area contributed by atoms with E-state index in [4.69, 9.17) is 9.47 Å². The molecule has 3 fully saturated rings. The first-order chi connectivity index (χ1) is 23.8. The monoisotopic (exact) mass is 670 g/mol. The number of pyridine rings is 1. The summed E-state index contributed by atoms with van der Waals surface area (Å²) < 4.78 is 11.6. The summed E-state index contributed by atoms with van der Waals surface area (Å²) in [6, 6.07) is 15.4. The molecule has 260 valence electrons. The maximum Gasteiger partial charge on any atom is 0.410 e. The average molecular weight is 671 g/mol. The number of urea groups is 1. The fourth-order valence-electron chi connectivity index (χ4n) is 7.89. The Balaban J connectivity index is 1.02. The van der Waals surface area contributed by atoms with Gasteiger partial charge in [0.2, 0.25) is 5.56 Å². The molecule has 49 heavy (non-hydrogen) atoms. The summed E-state index contributed by atoms with van der Waals surface area (Å²) in [6.07, 6.45) is 2.78. The second kappa shape index (κ2) is 14.6. The number of ether oxygens (including phenoxy) is 2. The number of carbonyl (C=O) groups excluding carboxylic acids is 3. The van der Waals surface area contributed by atoms with Crippen molar-refractivity contribution in [3.63, 3.8) is 0 Å². The number of para-hydroxylation sites is 1. The van der Waals surface area contributed by atoms with Crippen molar-refractivity contribution in [1.82, 2.24) is 24.6 Å². The van der Waals surface area contributed by atoms with Gasteiger partial charge in [0.25, 0.3) is 5.91 Å². The fourth-order valence-corrected chi connectivity index (χ4v) is 7.89. The second-order valence-corrected chi connectivity index (χ2v) is 13.7. The zero-order valence-corrected chi connectivity index (χ0v) is 28.2. The predicted octanol–water partition coefficient (Wildman–Crippen LogP) is 3.76. The van der Waals surface area contributed by atoms with Crippen LogP contribution in [0.25, 0.3) is 10.9 Å². The standard InChI is InChI=1S/C37H46N6O6/c1-25-22-26(23-28-6-7-33(44)39-34(25)28)24-32(35(45)41-18-16-40(17-19-41)29-11-20-48-21-12-29)49-37(47)42-13-9-30(10-14-42)43-15-8-27-4-2-3-5-31(27)38-36(43)46/h2-7,22-23,29-30,32H,8-21,24H2,1H3,(H,38,46)(H,39,44)/t32-/m1/s1. The Morgan fingerprint density at radius 1 is 0.878 bits per heavy atom. The van der Waals surface area contributed by atoms with E-state index in [-0.39, 0.29) is 30.0 Å². The van der Waals surface area contributed by atoms with Gasteiger partial charge >= 0.3 is 12.1 Å². The Hall–Kier alpha value is -4.42. The molecular formula is C37H46N6O6. The Morgan fingerprint density at radius 2 is 1.63 bits per heavy atom. The van der Waals surface area contributed by atoms with Crippen LogP contribution in [0.3, 0.4) is 0 Å². The third-order valence-electron chi connectivity index (χ3n) is 10.7. The van der Waals surface area contributed by atoms with Gasteiger partial charge in [0.1, 0.15) is 0 Å². The average Bonchev–Trinajstić information content (AvgIpc) is 3.30. The SMILES string of the molecule is Cc1cc(C[C@@H](OC(=O)N2CCC(N3CCc4ccccc4NC3=O)CC2)C(=O)N2CCN(C3CCOCC3)CC2)cc2ccc(=O)[nH]c12. The molecule has 12 nitrogen and oxygen atoms in total. The molecule has 1 atom stereocenters. The van der Waals surface area contributed by atoms with Crippen LogP contribution in [-0.2, 0) is 27.1 Å². The first kappa shape index (κ1) is 33.1. The van der Waals surface area contributed by atoms with Crippen LogP contribution in [0.1, 0.15) is 42.4 Å². The largest absolute Gasteiger partial charge is 0.436 e. The Labute approximate surface area is 286 Å². The molecule has 7 rings (SSSR count). The Kier molecular flexibility index (Phi) is 9.86. The number of fused-ring (bicyclic) bond motifs is 2. The maximum absolute atomic E-state index is 14.1. The molecule has 5 heterocycles. The number of carbonyl (C=O) groups is 3. The highest BCUT2D eigenvalue weighted by atomic mass is 16.6. The highest BCUT2D eigenvalue weighted by Gasteiger charge is 2.36. The molecule has 3 saturated heterocycles. The van der Waals surface area contributed by atoms with Gasteiger partial charge in [-0.3, -0.25) is 14.5 Å². The first-order valence-corrected chi connectivity index (χ1v) is 17.7. The van der Waals surface area contributed by atoms with Crippen LogP contribution in [0, 0.1) is 6.92 Å². The lowest BCUT2D eigenvalue weighted by Crippen LogP contribution is -2.56. The van der Waals surface area contributed by atoms with Gasteiger partial charge in [-0.1, -0.05) is 24.3 Å². The molecule has 0 spiro atoms. The topological polar surface area (TPSA) is 128 Å². The third-order valence-corrected chi connectivity index (χ3v) is 10.7. The number of likely N-dealkylation sites (tertiary alicyclic amines) is 1. The summed E-state index contributed by atoms with van der Waals surface area (Å²) in [7, 11) is 0. The number of amides is 4. The molecule has 4 aliphatic heterocycles. The van der Waals surface area contributed by atoms with Crippen LogP contribution < -0.4 is 10.9 Å². The summed E-state index contributed by atoms with van der Waals surface area (Å²) >= 11 is 0. The third kappa shape index (κ3) is 7.45. The van der Waals surface area contributed by atoms with E-state index in [2.05, 4.69) is 15.2 Å². The molecule has 12 heteroatoms. The van der Waals surface area contributed by atoms with Crippen molar-refractivity contribution in [2.75, 3.05) is 64.3 Å². The lowest BCUT2D eigenvalue weighted by atomic mass is 10.0. The molecule has 0 bridgehead atoms. The van der Waals surface area contributed by atoms with Crippen molar-refractivity contribution >= 4 is 34.6 Å². The number of hydrogen-bond acceptors (Lipinski definition) is 7. The van der Waals surface area contributed by atoms with Crippen LogP contribution >= 0.6 is 0 Å². The molecular weight excluding hydrogens is 624 g/mol. The van der Waals surface area contributed by atoms with Crippen LogP contribution in [0.5, 0.6) is 0 Å². The van der Waals surface area contributed by atoms with E-state index in [1.165, 1.54) is 6.07 Å². The summed E-state index contributed by atoms with van der Waals surface area (Å²) in [5.41, 5.74) is 4.30. The Bertz CT molecular complexity index is 1740. The number of piperidine rings is 1. The number of aryl methyl sites for hydroxylation is 1. The highest BCUT2D eigenvalue weighted by molar-refractivity contribution is 5.91. The fraction of sp³-hybridized carbons (Fsp3) is 0.514. The van der Waals surface area contributed by atoms with Crippen molar-refractivity contribution in [2.24, 2.45) is 0 Å². The lowest BCUT2D eigenvalue weighted by molar-refractivity contribution is -0.143. The molecule has 3 aromatic rings. The minimum absolute atomic E-state index is 0.00910. The van der Waals surface area contributed by atoms with E-state index < -0.39 is 12.2 Å². The number of hydrogen-bond donors (Lipinski definition) is 2. The summed E-state index contributed by atoms with van der Waals surface area (Å²) in [6.45, 7) is 7.69. The lowest BCUT2D eigenvalue weighted by Gasteiger charge is -2.41. The van der Waals surface area contributed by atoms with E-state index in [9.17, 15) is 19.2 Å². The minimum atomic E-state index is -0.991. The number of anilines is 1. The van der Waals surface area contributed by atoms with Crippen molar-refractivity contribution in [3.8, 4) is 0 Å². The normalized spacial score (nSPS) is 20.4. The maximum atomic E-state index is 14.1. The van der Waals surface area contributed by atoms with Crippen LogP contribution in [0.15, 0.2) is 53.3 Å². The summed E-state index contributed by atoms with van der Waals surface area (Å²) in [5.74, 6) is -0.185. The highest BCUT2D eigenvalue weighted by Crippen LogP contribution is 2.26. The van der Waals surface area contributed by atoms with Crippen LogP contribution in [0.2, 0.25) is 0 Å².